The summed E-state index contributed by atoms with van der Waals surface area (Å²) >= 11 is 0. The number of rotatable bonds is 7. The number of amides is 1. The molecule has 1 atom stereocenters. The number of para-hydroxylation sites is 1. The Hall–Kier alpha value is -2.24. The lowest BCUT2D eigenvalue weighted by Gasteiger charge is -2.35. The summed E-state index contributed by atoms with van der Waals surface area (Å²) in [5, 5.41) is 6.90. The SMILES string of the molecule is CCCCNC(=NCC(=O)N(C)C)NC1CCCN(c2ccccc2)C1. The zero-order chi connectivity index (χ0) is 18.8. The summed E-state index contributed by atoms with van der Waals surface area (Å²) in [4.78, 5) is 20.3. The number of benzene rings is 1. The molecule has 1 aromatic rings. The van der Waals surface area contributed by atoms with E-state index in [9.17, 15) is 4.79 Å². The topological polar surface area (TPSA) is 60.0 Å². The third-order valence-electron chi connectivity index (χ3n) is 4.58. The Balaban J connectivity index is 1.96. The minimum Gasteiger partial charge on any atom is -0.369 e. The first-order valence-corrected chi connectivity index (χ1v) is 9.65. The first-order valence-electron chi connectivity index (χ1n) is 9.65. The molecule has 0 radical (unpaired) electrons. The number of guanidine groups is 1. The molecule has 0 aromatic heterocycles. The molecule has 26 heavy (non-hydrogen) atoms. The third kappa shape index (κ3) is 6.58. The van der Waals surface area contributed by atoms with E-state index in [1.54, 1.807) is 19.0 Å². The fourth-order valence-corrected chi connectivity index (χ4v) is 2.99. The van der Waals surface area contributed by atoms with E-state index < -0.39 is 0 Å². The van der Waals surface area contributed by atoms with Crippen molar-refractivity contribution < 1.29 is 4.79 Å². The van der Waals surface area contributed by atoms with Crippen molar-refractivity contribution in [3.8, 4) is 0 Å². The van der Waals surface area contributed by atoms with Crippen LogP contribution in [-0.4, -0.2) is 63.1 Å². The average Bonchev–Trinajstić information content (AvgIpc) is 2.66. The molecule has 2 rings (SSSR count). The molecule has 0 bridgehead atoms. The standard InChI is InChI=1S/C20H33N5O/c1-4-5-13-21-20(22-15-19(26)24(2)3)23-17-10-9-14-25(16-17)18-11-7-6-8-12-18/h6-8,11-12,17H,4-5,9-10,13-16H2,1-3H3,(H2,21,22,23). The number of carbonyl (C=O) groups is 1. The molecule has 144 valence electrons. The van der Waals surface area contributed by atoms with Crippen LogP contribution in [0.3, 0.4) is 0 Å². The summed E-state index contributed by atoms with van der Waals surface area (Å²) in [6.45, 7) is 5.23. The fourth-order valence-electron chi connectivity index (χ4n) is 2.99. The highest BCUT2D eigenvalue weighted by Crippen LogP contribution is 2.19. The van der Waals surface area contributed by atoms with Gasteiger partial charge in [-0.1, -0.05) is 31.5 Å². The largest absolute Gasteiger partial charge is 0.369 e. The maximum Gasteiger partial charge on any atom is 0.243 e. The molecule has 6 nitrogen and oxygen atoms in total. The van der Waals surface area contributed by atoms with Crippen LogP contribution >= 0.6 is 0 Å². The molecule has 6 heteroatoms. The van der Waals surface area contributed by atoms with Gasteiger partial charge in [0.2, 0.25) is 5.91 Å². The van der Waals surface area contributed by atoms with Crippen LogP contribution < -0.4 is 15.5 Å². The van der Waals surface area contributed by atoms with E-state index in [4.69, 9.17) is 0 Å². The Morgan fingerprint density at radius 1 is 1.31 bits per heavy atom. The lowest BCUT2D eigenvalue weighted by Crippen LogP contribution is -2.51. The summed E-state index contributed by atoms with van der Waals surface area (Å²) in [6.07, 6.45) is 4.47. The van der Waals surface area contributed by atoms with Crippen molar-refractivity contribution in [1.82, 2.24) is 15.5 Å². The van der Waals surface area contributed by atoms with Gasteiger partial charge < -0.3 is 20.4 Å². The van der Waals surface area contributed by atoms with Gasteiger partial charge in [0, 0.05) is 45.5 Å². The Bertz CT molecular complexity index is 573. The zero-order valence-corrected chi connectivity index (χ0v) is 16.4. The number of hydrogen-bond acceptors (Lipinski definition) is 3. The minimum absolute atomic E-state index is 0.0103. The molecule has 1 amide bonds. The Morgan fingerprint density at radius 3 is 2.77 bits per heavy atom. The molecule has 0 saturated carbocycles. The number of nitrogens with one attached hydrogen (secondary N) is 2. The Labute approximate surface area is 157 Å². The second-order valence-electron chi connectivity index (χ2n) is 7.00. The first-order chi connectivity index (χ1) is 12.6. The average molecular weight is 360 g/mol. The molecule has 1 heterocycles. The van der Waals surface area contributed by atoms with Crippen molar-refractivity contribution in [1.29, 1.82) is 0 Å². The summed E-state index contributed by atoms with van der Waals surface area (Å²) in [5.41, 5.74) is 1.26. The van der Waals surface area contributed by atoms with Gasteiger partial charge in [0.15, 0.2) is 5.96 Å². The summed E-state index contributed by atoms with van der Waals surface area (Å²) in [7, 11) is 3.52. The molecule has 2 N–H and O–H groups in total. The van der Waals surface area contributed by atoms with Gasteiger partial charge in [0.25, 0.3) is 0 Å². The van der Waals surface area contributed by atoms with Crippen LogP contribution in [0.15, 0.2) is 35.3 Å². The number of nitrogens with zero attached hydrogens (tertiary/aromatic N) is 3. The number of carbonyl (C=O) groups excluding carboxylic acids is 1. The van der Waals surface area contributed by atoms with Gasteiger partial charge in [-0.25, -0.2) is 4.99 Å². The van der Waals surface area contributed by atoms with Gasteiger partial charge in [0.1, 0.15) is 6.54 Å². The predicted molar refractivity (Wildman–Crippen MR) is 109 cm³/mol. The number of unbranched alkanes of at least 4 members (excludes halogenated alkanes) is 1. The van der Waals surface area contributed by atoms with Gasteiger partial charge in [-0.15, -0.1) is 0 Å². The summed E-state index contributed by atoms with van der Waals surface area (Å²) < 4.78 is 0. The van der Waals surface area contributed by atoms with Crippen LogP contribution in [0.4, 0.5) is 5.69 Å². The molecule has 1 fully saturated rings. The van der Waals surface area contributed by atoms with Crippen molar-refractivity contribution in [2.45, 2.75) is 38.6 Å². The highest BCUT2D eigenvalue weighted by Gasteiger charge is 2.21. The van der Waals surface area contributed by atoms with Gasteiger partial charge in [-0.3, -0.25) is 4.79 Å². The molecule has 1 aromatic carbocycles. The maximum absolute atomic E-state index is 11.9. The Morgan fingerprint density at radius 2 is 2.08 bits per heavy atom. The smallest absolute Gasteiger partial charge is 0.243 e. The number of likely N-dealkylation sites (N-methyl/N-ethyl adjacent to an activating group) is 1. The van der Waals surface area contributed by atoms with Gasteiger partial charge in [-0.05, 0) is 31.4 Å². The van der Waals surface area contributed by atoms with Crippen LogP contribution in [0.1, 0.15) is 32.6 Å². The quantitative estimate of drug-likeness (QED) is 0.445. The van der Waals surface area contributed by atoms with E-state index in [0.29, 0.717) is 6.04 Å². The van der Waals surface area contributed by atoms with Gasteiger partial charge in [0.05, 0.1) is 0 Å². The van der Waals surface area contributed by atoms with Crippen molar-refractivity contribution in [2.75, 3.05) is 45.2 Å². The second-order valence-corrected chi connectivity index (χ2v) is 7.00. The zero-order valence-electron chi connectivity index (χ0n) is 16.4. The molecule has 1 unspecified atom stereocenters. The van der Waals surface area contributed by atoms with Gasteiger partial charge >= 0.3 is 0 Å². The van der Waals surface area contributed by atoms with E-state index in [2.05, 4.69) is 51.7 Å². The molecule has 0 spiro atoms. The van der Waals surface area contributed by atoms with E-state index >= 15 is 0 Å². The van der Waals surface area contributed by atoms with Crippen LogP contribution in [0.5, 0.6) is 0 Å². The van der Waals surface area contributed by atoms with Crippen LogP contribution in [0.25, 0.3) is 0 Å². The summed E-state index contributed by atoms with van der Waals surface area (Å²) in [6, 6.07) is 10.9. The van der Waals surface area contributed by atoms with Crippen LogP contribution in [0.2, 0.25) is 0 Å². The maximum atomic E-state index is 11.9. The molecule has 1 aliphatic heterocycles. The highest BCUT2D eigenvalue weighted by atomic mass is 16.2. The molecular formula is C20H33N5O. The van der Waals surface area contributed by atoms with Crippen molar-refractivity contribution in [3.63, 3.8) is 0 Å². The molecule has 1 saturated heterocycles. The second kappa shape index (κ2) is 10.7. The number of piperidine rings is 1. The number of hydrogen-bond donors (Lipinski definition) is 2. The number of aliphatic imine (C=N–C) groups is 1. The lowest BCUT2D eigenvalue weighted by molar-refractivity contribution is -0.127. The third-order valence-corrected chi connectivity index (χ3v) is 4.58. The highest BCUT2D eigenvalue weighted by molar-refractivity contribution is 5.85. The van der Waals surface area contributed by atoms with Crippen molar-refractivity contribution >= 4 is 17.6 Å². The molecular weight excluding hydrogens is 326 g/mol. The Kier molecular flexibility index (Phi) is 8.25. The fraction of sp³-hybridized carbons (Fsp3) is 0.600. The normalized spacial score (nSPS) is 17.7. The van der Waals surface area contributed by atoms with Crippen molar-refractivity contribution in [3.05, 3.63) is 30.3 Å². The lowest BCUT2D eigenvalue weighted by atomic mass is 10.1. The molecule has 0 aliphatic carbocycles. The van der Waals surface area contributed by atoms with Crippen molar-refractivity contribution in [2.24, 2.45) is 4.99 Å². The van der Waals surface area contributed by atoms with Crippen LogP contribution in [-0.2, 0) is 4.79 Å². The van der Waals surface area contributed by atoms with Gasteiger partial charge in [-0.2, -0.15) is 0 Å². The predicted octanol–water partition coefficient (Wildman–Crippen LogP) is 2.08. The van der Waals surface area contributed by atoms with E-state index in [-0.39, 0.29) is 12.5 Å². The first kappa shape index (κ1) is 20.1. The molecule has 1 aliphatic rings. The van der Waals surface area contributed by atoms with E-state index in [0.717, 1.165) is 51.3 Å². The minimum atomic E-state index is 0.0103. The summed E-state index contributed by atoms with van der Waals surface area (Å²) in [5.74, 6) is 0.754. The van der Waals surface area contributed by atoms with E-state index in [1.807, 2.05) is 6.07 Å². The van der Waals surface area contributed by atoms with Crippen LogP contribution in [0, 0.1) is 0 Å². The monoisotopic (exact) mass is 359 g/mol. The number of anilines is 1. The van der Waals surface area contributed by atoms with E-state index in [1.165, 1.54) is 5.69 Å².